The molecule has 3 aromatic rings. The first kappa shape index (κ1) is 22.0. The molecule has 1 amide bonds. The summed E-state index contributed by atoms with van der Waals surface area (Å²) < 4.78 is 32.3. The normalized spacial score (nSPS) is 16.1. The number of nitrogens with zero attached hydrogens (tertiary/aromatic N) is 4. The Morgan fingerprint density at radius 2 is 1.84 bits per heavy atom. The van der Waals surface area contributed by atoms with Gasteiger partial charge in [-0.1, -0.05) is 35.0 Å². The predicted molar refractivity (Wildman–Crippen MR) is 116 cm³/mol. The first-order valence-corrected chi connectivity index (χ1v) is 10.5. The van der Waals surface area contributed by atoms with Crippen LogP contribution in [0, 0.1) is 18.6 Å². The number of aromatic nitrogens is 2. The Bertz CT molecular complexity index is 1080. The molecule has 2 aromatic carbocycles. The SMILES string of the molecule is Cc1ccc(-c2noc(CN3CCN(C(C)C(=O)Nc4ccc(F)cc4F)CC3)n2)cc1. The quantitative estimate of drug-likeness (QED) is 0.632. The highest BCUT2D eigenvalue weighted by Gasteiger charge is 2.27. The maximum absolute atomic E-state index is 13.8. The Morgan fingerprint density at radius 3 is 2.53 bits per heavy atom. The summed E-state index contributed by atoms with van der Waals surface area (Å²) in [5, 5.41) is 6.61. The number of rotatable bonds is 6. The predicted octanol–water partition coefficient (Wildman–Crippen LogP) is 3.47. The largest absolute Gasteiger partial charge is 0.338 e. The van der Waals surface area contributed by atoms with Crippen LogP contribution in [0.25, 0.3) is 11.4 Å². The Labute approximate surface area is 185 Å². The van der Waals surface area contributed by atoms with E-state index in [-0.39, 0.29) is 11.6 Å². The molecule has 0 spiro atoms. The average molecular weight is 441 g/mol. The van der Waals surface area contributed by atoms with Gasteiger partial charge in [0.05, 0.1) is 18.3 Å². The first-order valence-electron chi connectivity index (χ1n) is 10.5. The fraction of sp³-hybridized carbons (Fsp3) is 0.348. The molecule has 1 N–H and O–H groups in total. The summed E-state index contributed by atoms with van der Waals surface area (Å²) >= 11 is 0. The van der Waals surface area contributed by atoms with Gasteiger partial charge in [-0.3, -0.25) is 14.6 Å². The van der Waals surface area contributed by atoms with Crippen molar-refractivity contribution in [3.05, 3.63) is 65.6 Å². The van der Waals surface area contributed by atoms with E-state index in [1.165, 1.54) is 11.6 Å². The zero-order valence-corrected chi connectivity index (χ0v) is 18.0. The van der Waals surface area contributed by atoms with Gasteiger partial charge in [-0.05, 0) is 26.0 Å². The van der Waals surface area contributed by atoms with Gasteiger partial charge in [0.2, 0.25) is 17.6 Å². The summed E-state index contributed by atoms with van der Waals surface area (Å²) in [6.07, 6.45) is 0. The monoisotopic (exact) mass is 441 g/mol. The molecule has 1 atom stereocenters. The van der Waals surface area contributed by atoms with Gasteiger partial charge in [0.1, 0.15) is 11.6 Å². The van der Waals surface area contributed by atoms with Crippen LogP contribution < -0.4 is 5.32 Å². The molecular weight excluding hydrogens is 416 g/mol. The van der Waals surface area contributed by atoms with E-state index in [9.17, 15) is 13.6 Å². The molecule has 9 heteroatoms. The maximum atomic E-state index is 13.8. The fourth-order valence-electron chi connectivity index (χ4n) is 3.63. The molecule has 32 heavy (non-hydrogen) atoms. The van der Waals surface area contributed by atoms with Crippen molar-refractivity contribution in [1.29, 1.82) is 0 Å². The van der Waals surface area contributed by atoms with Gasteiger partial charge in [-0.25, -0.2) is 8.78 Å². The lowest BCUT2D eigenvalue weighted by molar-refractivity contribution is -0.121. The first-order chi connectivity index (χ1) is 15.4. The number of carbonyl (C=O) groups is 1. The van der Waals surface area contributed by atoms with E-state index >= 15 is 0 Å². The summed E-state index contributed by atoms with van der Waals surface area (Å²) in [6.45, 7) is 7.12. The third-order valence-corrected chi connectivity index (χ3v) is 5.66. The van der Waals surface area contributed by atoms with Crippen molar-refractivity contribution in [2.24, 2.45) is 0 Å². The topological polar surface area (TPSA) is 74.5 Å². The number of piperazine rings is 1. The molecule has 1 aromatic heterocycles. The van der Waals surface area contributed by atoms with Crippen molar-refractivity contribution in [3.8, 4) is 11.4 Å². The Balaban J connectivity index is 1.28. The second-order valence-electron chi connectivity index (χ2n) is 7.98. The van der Waals surface area contributed by atoms with Crippen LogP contribution in [0.2, 0.25) is 0 Å². The van der Waals surface area contributed by atoms with E-state index < -0.39 is 17.7 Å². The number of halogens is 2. The van der Waals surface area contributed by atoms with Gasteiger partial charge >= 0.3 is 0 Å². The third kappa shape index (κ3) is 5.17. The van der Waals surface area contributed by atoms with Crippen molar-refractivity contribution in [3.63, 3.8) is 0 Å². The summed E-state index contributed by atoms with van der Waals surface area (Å²) in [4.78, 5) is 21.2. The zero-order valence-electron chi connectivity index (χ0n) is 18.0. The Morgan fingerprint density at radius 1 is 1.12 bits per heavy atom. The van der Waals surface area contributed by atoms with Gasteiger partial charge in [-0.2, -0.15) is 4.98 Å². The number of amides is 1. The van der Waals surface area contributed by atoms with Gasteiger partial charge in [0.15, 0.2) is 0 Å². The third-order valence-electron chi connectivity index (χ3n) is 5.66. The second kappa shape index (κ2) is 9.54. The number of benzene rings is 2. The molecule has 4 rings (SSSR count). The van der Waals surface area contributed by atoms with Crippen LogP contribution >= 0.6 is 0 Å². The average Bonchev–Trinajstić information content (AvgIpc) is 3.24. The van der Waals surface area contributed by atoms with Crippen molar-refractivity contribution in [2.75, 3.05) is 31.5 Å². The lowest BCUT2D eigenvalue weighted by Gasteiger charge is -2.36. The fourth-order valence-corrected chi connectivity index (χ4v) is 3.63. The van der Waals surface area contributed by atoms with Crippen molar-refractivity contribution in [1.82, 2.24) is 19.9 Å². The molecule has 1 fully saturated rings. The number of aryl methyl sites for hydroxylation is 1. The number of carbonyl (C=O) groups excluding carboxylic acids is 1. The van der Waals surface area contributed by atoms with Crippen molar-refractivity contribution in [2.45, 2.75) is 26.4 Å². The standard InChI is InChI=1S/C23H25F2N5O2/c1-15-3-5-17(6-4-15)22-27-21(32-28-22)14-29-9-11-30(12-10-29)16(2)23(31)26-20-8-7-18(24)13-19(20)25/h3-8,13,16H,9-12,14H2,1-2H3,(H,26,31). The summed E-state index contributed by atoms with van der Waals surface area (Å²) in [6, 6.07) is 10.6. The van der Waals surface area contributed by atoms with Crippen LogP contribution in [0.3, 0.4) is 0 Å². The summed E-state index contributed by atoms with van der Waals surface area (Å²) in [5.74, 6) is -0.691. The van der Waals surface area contributed by atoms with E-state index in [1.807, 2.05) is 36.1 Å². The lowest BCUT2D eigenvalue weighted by Crippen LogP contribution is -2.52. The second-order valence-corrected chi connectivity index (χ2v) is 7.98. The highest BCUT2D eigenvalue weighted by Crippen LogP contribution is 2.19. The Hall–Kier alpha value is -3.17. The van der Waals surface area contributed by atoms with Gasteiger partial charge < -0.3 is 9.84 Å². The Kier molecular flexibility index (Phi) is 6.57. The molecule has 1 unspecified atom stereocenters. The van der Waals surface area contributed by atoms with Crippen molar-refractivity contribution < 1.29 is 18.1 Å². The molecule has 0 bridgehead atoms. The van der Waals surface area contributed by atoms with Crippen LogP contribution in [-0.2, 0) is 11.3 Å². The molecule has 2 heterocycles. The van der Waals surface area contributed by atoms with Crippen LogP contribution in [-0.4, -0.2) is 58.1 Å². The molecule has 0 aliphatic carbocycles. The minimum atomic E-state index is -0.792. The highest BCUT2D eigenvalue weighted by atomic mass is 19.1. The van der Waals surface area contributed by atoms with E-state index in [2.05, 4.69) is 20.4 Å². The van der Waals surface area contributed by atoms with Crippen LogP contribution in [0.15, 0.2) is 47.0 Å². The smallest absolute Gasteiger partial charge is 0.241 e. The van der Waals surface area contributed by atoms with Crippen LogP contribution in [0.5, 0.6) is 0 Å². The molecule has 0 radical (unpaired) electrons. The van der Waals surface area contributed by atoms with E-state index in [0.717, 1.165) is 30.8 Å². The van der Waals surface area contributed by atoms with Gasteiger partial charge in [0.25, 0.3) is 0 Å². The van der Waals surface area contributed by atoms with Gasteiger partial charge in [0, 0.05) is 37.8 Å². The number of nitrogens with one attached hydrogen (secondary N) is 1. The molecule has 1 aliphatic rings. The molecule has 7 nitrogen and oxygen atoms in total. The van der Waals surface area contributed by atoms with Crippen LogP contribution in [0.4, 0.5) is 14.5 Å². The lowest BCUT2D eigenvalue weighted by atomic mass is 10.1. The highest BCUT2D eigenvalue weighted by molar-refractivity contribution is 5.94. The van der Waals surface area contributed by atoms with E-state index in [1.54, 1.807) is 6.92 Å². The minimum Gasteiger partial charge on any atom is -0.338 e. The van der Waals surface area contributed by atoms with Crippen LogP contribution in [0.1, 0.15) is 18.4 Å². The molecule has 0 saturated carbocycles. The minimum absolute atomic E-state index is 0.0253. The van der Waals surface area contributed by atoms with E-state index in [4.69, 9.17) is 4.52 Å². The molecule has 1 saturated heterocycles. The maximum Gasteiger partial charge on any atom is 0.241 e. The summed E-state index contributed by atoms with van der Waals surface area (Å²) in [7, 11) is 0. The van der Waals surface area contributed by atoms with Gasteiger partial charge in [-0.15, -0.1) is 0 Å². The van der Waals surface area contributed by atoms with E-state index in [0.29, 0.717) is 31.3 Å². The molecular formula is C23H25F2N5O2. The zero-order chi connectivity index (χ0) is 22.7. The molecule has 168 valence electrons. The number of hydrogen-bond acceptors (Lipinski definition) is 6. The van der Waals surface area contributed by atoms with Crippen molar-refractivity contribution >= 4 is 11.6 Å². The number of hydrogen-bond donors (Lipinski definition) is 1. The summed E-state index contributed by atoms with van der Waals surface area (Å²) in [5.41, 5.74) is 2.05. The molecule has 1 aliphatic heterocycles. The number of anilines is 1.